The van der Waals surface area contributed by atoms with Gasteiger partial charge in [0.1, 0.15) is 12.7 Å². The van der Waals surface area contributed by atoms with Gasteiger partial charge in [0.05, 0.1) is 17.5 Å². The molecule has 0 bridgehead atoms. The Labute approximate surface area is 165 Å². The van der Waals surface area contributed by atoms with E-state index >= 15 is 0 Å². The highest BCUT2D eigenvalue weighted by Crippen LogP contribution is 2.23. The molecule has 2 N–H and O–H groups in total. The van der Waals surface area contributed by atoms with Crippen LogP contribution in [-0.4, -0.2) is 81.3 Å². The maximum absolute atomic E-state index is 12.4. The number of rotatable bonds is 10. The Bertz CT molecular complexity index is 742. The van der Waals surface area contributed by atoms with Crippen molar-refractivity contribution in [3.63, 3.8) is 0 Å². The van der Waals surface area contributed by atoms with Gasteiger partial charge in [0.25, 0.3) is 0 Å². The molecule has 1 unspecified atom stereocenters. The summed E-state index contributed by atoms with van der Waals surface area (Å²) >= 11 is 1.30. The van der Waals surface area contributed by atoms with E-state index in [1.165, 1.54) is 29.7 Å². The zero-order valence-corrected chi connectivity index (χ0v) is 16.5. The molecule has 0 saturated carbocycles. The molecule has 4 amide bonds. The summed E-state index contributed by atoms with van der Waals surface area (Å²) < 4.78 is 13.7. The lowest BCUT2D eigenvalue weighted by atomic mass is 10.1. The quantitative estimate of drug-likeness (QED) is 0.466. The second-order valence-corrected chi connectivity index (χ2v) is 7.20. The van der Waals surface area contributed by atoms with Crippen molar-refractivity contribution in [3.05, 3.63) is 11.9 Å². The van der Waals surface area contributed by atoms with Gasteiger partial charge in [-0.3, -0.25) is 24.1 Å². The summed E-state index contributed by atoms with van der Waals surface area (Å²) in [4.78, 5) is 49.4. The molecule has 0 aliphatic carbocycles. The van der Waals surface area contributed by atoms with Crippen LogP contribution in [0.1, 0.15) is 18.5 Å². The first kappa shape index (κ1) is 21.8. The van der Waals surface area contributed by atoms with Crippen LogP contribution in [0.3, 0.4) is 0 Å². The van der Waals surface area contributed by atoms with Crippen molar-refractivity contribution in [1.29, 1.82) is 0 Å². The number of halogens is 1. The van der Waals surface area contributed by atoms with Gasteiger partial charge in [-0.15, -0.1) is 5.10 Å². The average molecular weight is 413 g/mol. The lowest BCUT2D eigenvalue weighted by molar-refractivity contribution is -0.139. The summed E-state index contributed by atoms with van der Waals surface area (Å²) in [6, 6.07) is -0.906. The minimum atomic E-state index is -0.906. The maximum Gasteiger partial charge on any atom is 0.242 e. The van der Waals surface area contributed by atoms with Crippen LogP contribution in [0.5, 0.6) is 0 Å². The largest absolute Gasteiger partial charge is 0.357 e. The molecular weight excluding hydrogens is 390 g/mol. The highest BCUT2D eigenvalue weighted by Gasteiger charge is 2.38. The number of likely N-dealkylation sites (N-methyl/N-ethyl adjacent to an activating group) is 1. The van der Waals surface area contributed by atoms with Crippen LogP contribution < -0.4 is 10.6 Å². The third kappa shape index (κ3) is 5.50. The Kier molecular flexibility index (Phi) is 7.91. The number of hydrogen-bond acceptors (Lipinski definition) is 7. The highest BCUT2D eigenvalue weighted by molar-refractivity contribution is 8.00. The first-order valence-electron chi connectivity index (χ1n) is 8.72. The molecule has 1 aromatic rings. The van der Waals surface area contributed by atoms with Gasteiger partial charge in [-0.05, 0) is 6.26 Å². The Morgan fingerprint density at radius 1 is 1.39 bits per heavy atom. The average Bonchev–Trinajstić information content (AvgIpc) is 3.22. The lowest BCUT2D eigenvalue weighted by Crippen LogP contribution is -2.48. The van der Waals surface area contributed by atoms with Crippen LogP contribution in [0.15, 0.2) is 6.20 Å². The predicted octanol–water partition coefficient (Wildman–Crippen LogP) is -1.10. The molecule has 2 atom stereocenters. The Balaban J connectivity index is 1.92. The van der Waals surface area contributed by atoms with Gasteiger partial charge in [-0.2, -0.15) is 11.8 Å². The first-order chi connectivity index (χ1) is 13.4. The van der Waals surface area contributed by atoms with Crippen molar-refractivity contribution in [2.45, 2.75) is 37.1 Å². The Morgan fingerprint density at radius 3 is 2.75 bits per heavy atom. The number of carbonyl (C=O) groups is 4. The molecule has 1 aliphatic heterocycles. The third-order valence-corrected chi connectivity index (χ3v) is 5.20. The van der Waals surface area contributed by atoms with Crippen LogP contribution >= 0.6 is 11.8 Å². The smallest absolute Gasteiger partial charge is 0.242 e. The number of likely N-dealkylation sites (tertiary alicyclic amines) is 1. The van der Waals surface area contributed by atoms with E-state index in [0.29, 0.717) is 5.69 Å². The van der Waals surface area contributed by atoms with Gasteiger partial charge in [0.2, 0.25) is 23.6 Å². The molecule has 1 aromatic heterocycles. The van der Waals surface area contributed by atoms with Crippen molar-refractivity contribution in [1.82, 2.24) is 30.5 Å². The number of thioether (sulfide) groups is 1. The minimum absolute atomic E-state index is 0.0340. The SMILES string of the molecule is CNC(=O)[C@H](Cc1cn(CC[18F])nn1)NC(=O)CCN1C(=O)CC(SC)C1=O. The van der Waals surface area contributed by atoms with Crippen molar-refractivity contribution < 1.29 is 23.6 Å². The lowest BCUT2D eigenvalue weighted by Gasteiger charge is -2.18. The van der Waals surface area contributed by atoms with Crippen LogP contribution in [-0.2, 0) is 32.1 Å². The molecule has 12 heteroatoms. The topological polar surface area (TPSA) is 126 Å². The molecule has 1 fully saturated rings. The zero-order chi connectivity index (χ0) is 20.7. The number of alkyl halides is 1. The number of aryl methyl sites for hydroxylation is 1. The number of nitrogens with one attached hydrogen (secondary N) is 2. The molecule has 0 radical (unpaired) electrons. The monoisotopic (exact) mass is 413 g/mol. The van der Waals surface area contributed by atoms with E-state index in [2.05, 4.69) is 20.9 Å². The minimum Gasteiger partial charge on any atom is -0.357 e. The molecular formula is C16H23FN6O4S. The van der Waals surface area contributed by atoms with Gasteiger partial charge in [-0.25, -0.2) is 9.07 Å². The van der Waals surface area contributed by atoms with E-state index in [1.54, 1.807) is 6.26 Å². The summed E-state index contributed by atoms with van der Waals surface area (Å²) in [5.74, 6) is -1.50. The van der Waals surface area contributed by atoms with Crippen molar-refractivity contribution >= 4 is 35.4 Å². The van der Waals surface area contributed by atoms with E-state index in [0.717, 1.165) is 4.90 Å². The zero-order valence-electron chi connectivity index (χ0n) is 15.7. The van der Waals surface area contributed by atoms with Crippen molar-refractivity contribution in [3.8, 4) is 0 Å². The van der Waals surface area contributed by atoms with Gasteiger partial charge in [0.15, 0.2) is 0 Å². The number of amides is 4. The molecule has 1 aliphatic rings. The molecule has 1 saturated heterocycles. The van der Waals surface area contributed by atoms with E-state index in [-0.39, 0.29) is 44.2 Å². The second-order valence-electron chi connectivity index (χ2n) is 6.16. The van der Waals surface area contributed by atoms with Crippen molar-refractivity contribution in [2.75, 3.05) is 26.5 Å². The molecule has 0 aromatic carbocycles. The fourth-order valence-electron chi connectivity index (χ4n) is 2.77. The predicted molar refractivity (Wildman–Crippen MR) is 99.0 cm³/mol. The van der Waals surface area contributed by atoms with E-state index < -0.39 is 29.8 Å². The van der Waals surface area contributed by atoms with Crippen LogP contribution in [0.25, 0.3) is 0 Å². The van der Waals surface area contributed by atoms with Crippen LogP contribution in [0, 0.1) is 0 Å². The molecule has 0 spiro atoms. The van der Waals surface area contributed by atoms with Gasteiger partial charge in [0, 0.05) is 39.1 Å². The summed E-state index contributed by atoms with van der Waals surface area (Å²) in [5.41, 5.74) is 0.426. The van der Waals surface area contributed by atoms with Crippen LogP contribution in [0.4, 0.5) is 4.39 Å². The number of nitrogens with zero attached hydrogens (tertiary/aromatic N) is 4. The summed E-state index contributed by atoms with van der Waals surface area (Å²) in [5, 5.41) is 12.2. The van der Waals surface area contributed by atoms with Gasteiger partial charge >= 0.3 is 0 Å². The first-order valence-corrected chi connectivity index (χ1v) is 10.0. The van der Waals surface area contributed by atoms with E-state index in [4.69, 9.17) is 0 Å². The molecule has 28 heavy (non-hydrogen) atoms. The third-order valence-electron chi connectivity index (χ3n) is 4.26. The van der Waals surface area contributed by atoms with Gasteiger partial charge < -0.3 is 10.6 Å². The Hall–Kier alpha value is -2.50. The Morgan fingerprint density at radius 2 is 2.14 bits per heavy atom. The summed E-state index contributed by atoms with van der Waals surface area (Å²) in [6.07, 6.45) is 3.36. The molecule has 2 heterocycles. The molecule has 154 valence electrons. The molecule has 2 rings (SSSR count). The summed E-state index contributed by atoms with van der Waals surface area (Å²) in [7, 11) is 1.44. The highest BCUT2D eigenvalue weighted by atomic mass is 32.2. The maximum atomic E-state index is 12.4. The van der Waals surface area contributed by atoms with Gasteiger partial charge in [-0.1, -0.05) is 5.21 Å². The van der Waals surface area contributed by atoms with E-state index in [1.807, 2.05) is 0 Å². The summed E-state index contributed by atoms with van der Waals surface area (Å²) in [6.45, 7) is -0.573. The number of carbonyl (C=O) groups excluding carboxylic acids is 4. The fourth-order valence-corrected chi connectivity index (χ4v) is 3.41. The number of imide groups is 1. The number of hydrogen-bond donors (Lipinski definition) is 2. The number of aromatic nitrogens is 3. The van der Waals surface area contributed by atoms with Crippen LogP contribution in [0.2, 0.25) is 0 Å². The standard InChI is InChI=1S/C16H23FN6O4S/c1-18-15(26)11(7-10-9-22(6-4-17)21-20-10)19-13(24)3-5-23-14(25)8-12(28-2)16(23)27/h9,11-12H,3-8H2,1-2H3,(H,18,26)(H,19,24)/t11-,12?/m0/s1/i17-1. The van der Waals surface area contributed by atoms with E-state index in [9.17, 15) is 23.6 Å². The molecule has 10 nitrogen and oxygen atoms in total. The normalized spacial score (nSPS) is 17.7. The fraction of sp³-hybridized carbons (Fsp3) is 0.625. The van der Waals surface area contributed by atoms with Crippen molar-refractivity contribution in [2.24, 2.45) is 0 Å². The second kappa shape index (κ2) is 10.2.